The van der Waals surface area contributed by atoms with E-state index in [-0.39, 0.29) is 18.5 Å². The molecule has 1 aliphatic heterocycles. The monoisotopic (exact) mass is 306 g/mol. The second kappa shape index (κ2) is 4.80. The largest absolute Gasteiger partial charge is 0.0833 e. The molecule has 0 amide bonds. The molecule has 112 valence electrons. The summed E-state index contributed by atoms with van der Waals surface area (Å²) in [6.07, 6.45) is 19.8. The molecule has 1 heteroatoms. The first-order valence-electron chi connectivity index (χ1n) is 8.15. The van der Waals surface area contributed by atoms with E-state index in [1.807, 2.05) is 0 Å². The highest BCUT2D eigenvalue weighted by atomic mass is 31.1. The Hall–Kier alpha value is -1.39. The number of hydrogen-bond acceptors (Lipinski definition) is 0. The fourth-order valence-corrected chi connectivity index (χ4v) is 8.12. The van der Waals surface area contributed by atoms with Crippen molar-refractivity contribution < 1.29 is 0 Å². The van der Waals surface area contributed by atoms with Crippen molar-refractivity contribution in [1.82, 2.24) is 0 Å². The minimum Gasteiger partial charge on any atom is -0.0833 e. The van der Waals surface area contributed by atoms with Gasteiger partial charge in [-0.15, -0.1) is 0 Å². The van der Waals surface area contributed by atoms with Crippen LogP contribution in [0.4, 0.5) is 0 Å². The summed E-state index contributed by atoms with van der Waals surface area (Å²) in [5, 5.41) is 1.89. The van der Waals surface area contributed by atoms with E-state index in [1.54, 1.807) is 10.9 Å². The number of allylic oxidation sites excluding steroid dienone is 8. The summed E-state index contributed by atoms with van der Waals surface area (Å²) in [6.45, 7) is 7.11. The van der Waals surface area contributed by atoms with Crippen LogP contribution in [0.25, 0.3) is 0 Å². The quantitative estimate of drug-likeness (QED) is 0.630. The van der Waals surface area contributed by atoms with Gasteiger partial charge in [0.2, 0.25) is 0 Å². The predicted octanol–water partition coefficient (Wildman–Crippen LogP) is 5.14. The number of aryl methyl sites for hydroxylation is 1. The highest BCUT2D eigenvalue weighted by Crippen LogP contribution is 2.66. The van der Waals surface area contributed by atoms with Gasteiger partial charge in [0.15, 0.2) is 0 Å². The number of rotatable bonds is 1. The molecule has 4 unspecified atom stereocenters. The lowest BCUT2D eigenvalue weighted by Gasteiger charge is -2.41. The first-order valence-corrected chi connectivity index (χ1v) is 9.57. The molecular weight excluding hydrogens is 283 g/mol. The van der Waals surface area contributed by atoms with E-state index in [4.69, 9.17) is 0 Å². The topological polar surface area (TPSA) is 0 Å². The average molecular weight is 306 g/mol. The summed E-state index contributed by atoms with van der Waals surface area (Å²) >= 11 is 0. The van der Waals surface area contributed by atoms with E-state index < -0.39 is 0 Å². The maximum atomic E-state index is 2.47. The van der Waals surface area contributed by atoms with Gasteiger partial charge in [-0.2, -0.15) is 0 Å². The Balaban J connectivity index is 1.93. The summed E-state index contributed by atoms with van der Waals surface area (Å²) in [7, 11) is -0.256. The van der Waals surface area contributed by atoms with E-state index >= 15 is 0 Å². The van der Waals surface area contributed by atoms with E-state index in [0.29, 0.717) is 5.66 Å². The molecular formula is C21H23P. The van der Waals surface area contributed by atoms with Gasteiger partial charge in [0.1, 0.15) is 0 Å². The molecule has 1 aromatic carbocycles. The van der Waals surface area contributed by atoms with Gasteiger partial charge < -0.3 is 0 Å². The SMILES string of the molecule is Cc1ccc2c(c1)C1(C)C=CC=CC1P2C1(C)C=CC=CC1. The van der Waals surface area contributed by atoms with Crippen molar-refractivity contribution >= 4 is 13.2 Å². The van der Waals surface area contributed by atoms with Gasteiger partial charge in [0.05, 0.1) is 0 Å². The summed E-state index contributed by atoms with van der Waals surface area (Å²) in [5.41, 5.74) is 3.72. The summed E-state index contributed by atoms with van der Waals surface area (Å²) in [6, 6.07) is 7.15. The Kier molecular flexibility index (Phi) is 3.10. The molecule has 0 spiro atoms. The Bertz CT molecular complexity index is 736. The Morgan fingerprint density at radius 1 is 1.05 bits per heavy atom. The molecule has 1 heterocycles. The lowest BCUT2D eigenvalue weighted by atomic mass is 9.77. The minimum atomic E-state index is -0.256. The lowest BCUT2D eigenvalue weighted by molar-refractivity contribution is 0.616. The van der Waals surface area contributed by atoms with Crippen LogP contribution in [0.3, 0.4) is 0 Å². The molecule has 4 atom stereocenters. The standard InChI is InChI=1S/C21H23P/c1-16-10-11-18-17(15-16)21(3)14-8-5-9-19(21)22(18)20(2)12-6-4-7-13-20/h4-12,14-15,19H,13H2,1-3H3. The zero-order valence-corrected chi connectivity index (χ0v) is 14.5. The van der Waals surface area contributed by atoms with Crippen LogP contribution in [0.5, 0.6) is 0 Å². The van der Waals surface area contributed by atoms with Gasteiger partial charge in [0, 0.05) is 16.2 Å². The van der Waals surface area contributed by atoms with Gasteiger partial charge in [-0.1, -0.05) is 94.1 Å². The summed E-state index contributed by atoms with van der Waals surface area (Å²) < 4.78 is 0. The second-order valence-electron chi connectivity index (χ2n) is 7.21. The third kappa shape index (κ3) is 1.87. The molecule has 0 saturated carbocycles. The zero-order valence-electron chi connectivity index (χ0n) is 13.6. The molecule has 0 radical (unpaired) electrons. The molecule has 0 saturated heterocycles. The van der Waals surface area contributed by atoms with Crippen LogP contribution in [-0.4, -0.2) is 10.8 Å². The summed E-state index contributed by atoms with van der Waals surface area (Å²) in [4.78, 5) is 0. The molecule has 0 N–H and O–H groups in total. The van der Waals surface area contributed by atoms with Crippen molar-refractivity contribution in [3.05, 3.63) is 77.9 Å². The van der Waals surface area contributed by atoms with E-state index in [1.165, 1.54) is 5.56 Å². The minimum absolute atomic E-state index is 0.166. The molecule has 3 aliphatic rings. The van der Waals surface area contributed by atoms with Gasteiger partial charge in [-0.25, -0.2) is 0 Å². The van der Waals surface area contributed by atoms with Gasteiger partial charge in [-0.05, 0) is 24.2 Å². The first-order chi connectivity index (χ1) is 10.5. The van der Waals surface area contributed by atoms with Crippen molar-refractivity contribution in [1.29, 1.82) is 0 Å². The Morgan fingerprint density at radius 2 is 1.86 bits per heavy atom. The van der Waals surface area contributed by atoms with Crippen molar-refractivity contribution in [3.8, 4) is 0 Å². The highest BCUT2D eigenvalue weighted by molar-refractivity contribution is 7.69. The van der Waals surface area contributed by atoms with E-state index in [9.17, 15) is 0 Å². The Labute approximate surface area is 135 Å². The fraction of sp³-hybridized carbons (Fsp3) is 0.333. The van der Waals surface area contributed by atoms with Crippen molar-refractivity contribution in [3.63, 3.8) is 0 Å². The molecule has 22 heavy (non-hydrogen) atoms. The smallest absolute Gasteiger partial charge is 0.0219 e. The third-order valence-corrected chi connectivity index (χ3v) is 9.12. The molecule has 1 aromatic rings. The van der Waals surface area contributed by atoms with Crippen molar-refractivity contribution in [2.24, 2.45) is 0 Å². The summed E-state index contributed by atoms with van der Waals surface area (Å²) in [5.74, 6) is 0. The average Bonchev–Trinajstić information content (AvgIpc) is 2.77. The first kappa shape index (κ1) is 14.2. The molecule has 4 rings (SSSR count). The van der Waals surface area contributed by atoms with Crippen LogP contribution in [0.2, 0.25) is 0 Å². The van der Waals surface area contributed by atoms with Crippen LogP contribution < -0.4 is 5.30 Å². The van der Waals surface area contributed by atoms with E-state index in [2.05, 4.69) is 87.6 Å². The molecule has 0 aromatic heterocycles. The van der Waals surface area contributed by atoms with Crippen LogP contribution in [0.15, 0.2) is 66.8 Å². The normalized spacial score (nSPS) is 38.1. The highest BCUT2D eigenvalue weighted by Gasteiger charge is 2.52. The number of hydrogen-bond donors (Lipinski definition) is 0. The molecule has 2 aliphatic carbocycles. The fourth-order valence-electron chi connectivity index (χ4n) is 4.26. The zero-order chi connectivity index (χ0) is 15.4. The van der Waals surface area contributed by atoms with Crippen molar-refractivity contribution in [2.45, 2.75) is 43.4 Å². The maximum Gasteiger partial charge on any atom is 0.0219 e. The predicted molar refractivity (Wildman–Crippen MR) is 98.5 cm³/mol. The Morgan fingerprint density at radius 3 is 2.64 bits per heavy atom. The molecule has 0 fully saturated rings. The van der Waals surface area contributed by atoms with Gasteiger partial charge in [-0.3, -0.25) is 0 Å². The number of benzene rings is 1. The van der Waals surface area contributed by atoms with Gasteiger partial charge in [0.25, 0.3) is 0 Å². The van der Waals surface area contributed by atoms with Gasteiger partial charge >= 0.3 is 0 Å². The van der Waals surface area contributed by atoms with Crippen LogP contribution in [0, 0.1) is 6.92 Å². The maximum absolute atomic E-state index is 2.47. The van der Waals surface area contributed by atoms with Crippen LogP contribution in [-0.2, 0) is 5.41 Å². The third-order valence-electron chi connectivity index (χ3n) is 5.52. The molecule has 0 bridgehead atoms. The van der Waals surface area contributed by atoms with Crippen molar-refractivity contribution in [2.75, 3.05) is 0 Å². The van der Waals surface area contributed by atoms with E-state index in [0.717, 1.165) is 6.42 Å². The van der Waals surface area contributed by atoms with Crippen LogP contribution >= 0.6 is 7.92 Å². The number of fused-ring (bicyclic) bond motifs is 3. The second-order valence-corrected chi connectivity index (χ2v) is 10.0. The van der Waals surface area contributed by atoms with Crippen LogP contribution in [0.1, 0.15) is 31.4 Å². The lowest BCUT2D eigenvalue weighted by Crippen LogP contribution is -2.33. The molecule has 0 nitrogen and oxygen atoms in total.